The molecule has 0 radical (unpaired) electrons. The Kier molecular flexibility index (Phi) is 4.71. The number of aryl methyl sites for hydroxylation is 1. The minimum Gasteiger partial charge on any atom is -0.477 e. The molecular weight excluding hydrogens is 413 g/mol. The third kappa shape index (κ3) is 3.77. The number of hydrogen-bond donors (Lipinski definition) is 1. The Morgan fingerprint density at radius 2 is 2.00 bits per heavy atom. The molecule has 0 unspecified atom stereocenters. The van der Waals surface area contributed by atoms with Gasteiger partial charge in [0.1, 0.15) is 0 Å². The van der Waals surface area contributed by atoms with Crippen LogP contribution in [0.15, 0.2) is 28.9 Å². The van der Waals surface area contributed by atoms with Crippen LogP contribution < -0.4 is 15.0 Å². The highest BCUT2D eigenvalue weighted by Crippen LogP contribution is 2.40. The summed E-state index contributed by atoms with van der Waals surface area (Å²) in [4.78, 5) is 6.65. The minimum absolute atomic E-state index is 0.0476. The number of ether oxygens (including phenoxy) is 1. The molecule has 1 aliphatic heterocycles. The molecule has 5 rings (SSSR count). The first-order chi connectivity index (χ1) is 14.8. The van der Waals surface area contributed by atoms with Gasteiger partial charge in [-0.15, -0.1) is 5.10 Å². The number of pyridine rings is 1. The maximum absolute atomic E-state index is 12.9. The van der Waals surface area contributed by atoms with Crippen molar-refractivity contribution in [2.24, 2.45) is 11.8 Å². The van der Waals surface area contributed by atoms with E-state index in [1.807, 2.05) is 13.0 Å². The molecule has 0 spiro atoms. The first-order valence-corrected chi connectivity index (χ1v) is 10.3. The Morgan fingerprint density at radius 3 is 2.65 bits per heavy atom. The third-order valence-corrected chi connectivity index (χ3v) is 6.15. The van der Waals surface area contributed by atoms with Gasteiger partial charge in [0, 0.05) is 31.4 Å². The normalized spacial score (nSPS) is 24.5. The molecule has 8 nitrogen and oxygen atoms in total. The maximum atomic E-state index is 12.9. The lowest BCUT2D eigenvalue weighted by atomic mass is 9.92. The third-order valence-electron chi connectivity index (χ3n) is 6.15. The number of halogens is 3. The molecule has 2 bridgehead atoms. The van der Waals surface area contributed by atoms with Crippen LogP contribution in [0.3, 0.4) is 0 Å². The van der Waals surface area contributed by atoms with Crippen molar-refractivity contribution < 1.29 is 22.4 Å². The molecule has 2 fully saturated rings. The molecule has 1 saturated carbocycles. The number of hydrogen-bond acceptors (Lipinski definition) is 7. The van der Waals surface area contributed by atoms with Crippen LogP contribution in [0.4, 0.5) is 25.0 Å². The summed E-state index contributed by atoms with van der Waals surface area (Å²) >= 11 is 0. The number of nitrogens with zero attached hydrogens (tertiary/aromatic N) is 5. The van der Waals surface area contributed by atoms with Crippen LogP contribution >= 0.6 is 0 Å². The molecule has 166 valence electrons. The molecule has 0 amide bonds. The number of nitrogens with one attached hydrogen (secondary N) is 1. The molecule has 1 N–H and O–H groups in total. The summed E-state index contributed by atoms with van der Waals surface area (Å²) in [6, 6.07) is 5.19. The zero-order chi connectivity index (χ0) is 21.8. The molecule has 4 heterocycles. The largest absolute Gasteiger partial charge is 0.477 e. The standard InChI is InChI=1S/C20H23F3N6O2/c1-11-8-16(31-27-11)28-9-13-5-6-14(10-28)17(13)24-19-25-18-15(4-3-7-29(18)26-19)30-12(2)20(21,22)23/h3-4,7-8,12-14,17H,5-6,9-10H2,1-2H3,(H,24,26)/t12-,13-,14+,17-/m0/s1. The lowest BCUT2D eigenvalue weighted by Crippen LogP contribution is -2.48. The van der Waals surface area contributed by atoms with E-state index in [9.17, 15) is 13.2 Å². The van der Waals surface area contributed by atoms with Crippen LogP contribution in [0.2, 0.25) is 0 Å². The Bertz CT molecular complexity index is 1070. The number of rotatable bonds is 5. The molecule has 3 aromatic heterocycles. The lowest BCUT2D eigenvalue weighted by molar-refractivity contribution is -0.189. The van der Waals surface area contributed by atoms with Gasteiger partial charge in [0.05, 0.1) is 5.69 Å². The second-order valence-electron chi connectivity index (χ2n) is 8.36. The molecule has 1 saturated heterocycles. The van der Waals surface area contributed by atoms with Crippen molar-refractivity contribution >= 4 is 17.5 Å². The fourth-order valence-corrected chi connectivity index (χ4v) is 4.58. The second-order valence-corrected chi connectivity index (χ2v) is 8.36. The number of anilines is 2. The summed E-state index contributed by atoms with van der Waals surface area (Å²) in [7, 11) is 0. The number of piperidine rings is 1. The van der Waals surface area contributed by atoms with Gasteiger partial charge in [-0.3, -0.25) is 0 Å². The Balaban J connectivity index is 1.33. The highest BCUT2D eigenvalue weighted by Gasteiger charge is 2.43. The molecule has 4 atom stereocenters. The van der Waals surface area contributed by atoms with Gasteiger partial charge < -0.3 is 19.5 Å². The summed E-state index contributed by atoms with van der Waals surface area (Å²) in [5.41, 5.74) is 1.11. The van der Waals surface area contributed by atoms with Crippen LogP contribution in [-0.4, -0.2) is 51.2 Å². The first-order valence-electron chi connectivity index (χ1n) is 10.3. The van der Waals surface area contributed by atoms with E-state index in [0.29, 0.717) is 17.8 Å². The first kappa shape index (κ1) is 20.0. The predicted molar refractivity (Wildman–Crippen MR) is 106 cm³/mol. The van der Waals surface area contributed by atoms with Crippen molar-refractivity contribution in [1.82, 2.24) is 19.8 Å². The van der Waals surface area contributed by atoms with Gasteiger partial charge >= 0.3 is 6.18 Å². The van der Waals surface area contributed by atoms with E-state index in [1.54, 1.807) is 12.3 Å². The summed E-state index contributed by atoms with van der Waals surface area (Å²) in [5.74, 6) is 2.00. The second kappa shape index (κ2) is 7.31. The van der Waals surface area contributed by atoms with E-state index in [0.717, 1.165) is 44.4 Å². The number of alkyl halides is 3. The van der Waals surface area contributed by atoms with Gasteiger partial charge in [0.25, 0.3) is 0 Å². The SMILES string of the molecule is Cc1cc(N2C[C@H]3CC[C@@H](C2)[C@@H]3Nc2nc3c(O[C@@H](C)C(F)(F)F)cccn3n2)on1. The Labute approximate surface area is 176 Å². The number of fused-ring (bicyclic) bond motifs is 3. The average molecular weight is 436 g/mol. The zero-order valence-corrected chi connectivity index (χ0v) is 17.1. The molecule has 11 heteroatoms. The Hall–Kier alpha value is -2.98. The minimum atomic E-state index is -4.46. The van der Waals surface area contributed by atoms with E-state index >= 15 is 0 Å². The fourth-order valence-electron chi connectivity index (χ4n) is 4.58. The predicted octanol–water partition coefficient (Wildman–Crippen LogP) is 3.68. The molecular formula is C20H23F3N6O2. The van der Waals surface area contributed by atoms with Crippen molar-refractivity contribution in [3.8, 4) is 5.75 Å². The van der Waals surface area contributed by atoms with E-state index < -0.39 is 12.3 Å². The molecule has 2 aliphatic rings. The van der Waals surface area contributed by atoms with Crippen molar-refractivity contribution in [3.63, 3.8) is 0 Å². The number of aromatic nitrogens is 4. The van der Waals surface area contributed by atoms with Crippen molar-refractivity contribution in [1.29, 1.82) is 0 Å². The van der Waals surface area contributed by atoms with E-state index in [2.05, 4.69) is 25.5 Å². The van der Waals surface area contributed by atoms with Crippen LogP contribution in [0, 0.1) is 18.8 Å². The molecule has 1 aliphatic carbocycles. The van der Waals surface area contributed by atoms with Crippen molar-refractivity contribution in [3.05, 3.63) is 30.1 Å². The molecule has 0 aromatic carbocycles. The molecule has 3 aromatic rings. The van der Waals surface area contributed by atoms with Crippen molar-refractivity contribution in [2.75, 3.05) is 23.3 Å². The van der Waals surface area contributed by atoms with Gasteiger partial charge in [0.15, 0.2) is 17.5 Å². The molecule has 31 heavy (non-hydrogen) atoms. The fraction of sp³-hybridized carbons (Fsp3) is 0.550. The van der Waals surface area contributed by atoms with E-state index in [1.165, 1.54) is 10.6 Å². The average Bonchev–Trinajstić information content (AvgIpc) is 3.38. The summed E-state index contributed by atoms with van der Waals surface area (Å²) in [6.45, 7) is 4.56. The van der Waals surface area contributed by atoms with Crippen LogP contribution in [0.5, 0.6) is 5.75 Å². The van der Waals surface area contributed by atoms with Crippen LogP contribution in [0.25, 0.3) is 5.65 Å². The van der Waals surface area contributed by atoms with Crippen LogP contribution in [-0.2, 0) is 0 Å². The van der Waals surface area contributed by atoms with Crippen molar-refractivity contribution in [2.45, 2.75) is 45.0 Å². The van der Waals surface area contributed by atoms with Gasteiger partial charge in [-0.1, -0.05) is 5.16 Å². The van der Waals surface area contributed by atoms with Gasteiger partial charge in [-0.25, -0.2) is 4.52 Å². The quantitative estimate of drug-likeness (QED) is 0.654. The highest BCUT2D eigenvalue weighted by atomic mass is 19.4. The maximum Gasteiger partial charge on any atom is 0.425 e. The lowest BCUT2D eigenvalue weighted by Gasteiger charge is -2.37. The van der Waals surface area contributed by atoms with Gasteiger partial charge in [-0.05, 0) is 50.7 Å². The summed E-state index contributed by atoms with van der Waals surface area (Å²) < 4.78 is 50.7. The smallest absolute Gasteiger partial charge is 0.425 e. The van der Waals surface area contributed by atoms with E-state index in [4.69, 9.17) is 9.26 Å². The van der Waals surface area contributed by atoms with Gasteiger partial charge in [-0.2, -0.15) is 18.2 Å². The zero-order valence-electron chi connectivity index (χ0n) is 17.1. The highest BCUT2D eigenvalue weighted by molar-refractivity contribution is 5.56. The van der Waals surface area contributed by atoms with Gasteiger partial charge in [0.2, 0.25) is 11.8 Å². The summed E-state index contributed by atoms with van der Waals surface area (Å²) in [5, 5.41) is 11.8. The Morgan fingerprint density at radius 1 is 1.26 bits per heavy atom. The monoisotopic (exact) mass is 436 g/mol. The topological polar surface area (TPSA) is 80.7 Å². The van der Waals surface area contributed by atoms with Crippen LogP contribution in [0.1, 0.15) is 25.5 Å². The van der Waals surface area contributed by atoms with E-state index in [-0.39, 0.29) is 17.4 Å². The summed E-state index contributed by atoms with van der Waals surface area (Å²) in [6.07, 6.45) is -2.59.